The molecule has 7 heteroatoms. The average Bonchev–Trinajstić information content (AvgIpc) is 2.99. The lowest BCUT2D eigenvalue weighted by Crippen LogP contribution is -2.24. The van der Waals surface area contributed by atoms with Crippen LogP contribution in [0, 0.1) is 11.8 Å². The molecule has 0 radical (unpaired) electrons. The predicted octanol–water partition coefficient (Wildman–Crippen LogP) is 0.198. The van der Waals surface area contributed by atoms with Crippen LogP contribution in [0.3, 0.4) is 0 Å². The molecule has 4 N–H and O–H groups in total. The number of hydrogen-bond donors (Lipinski definition) is 3. The number of nitrogens with one attached hydrogen (secondary N) is 2. The summed E-state index contributed by atoms with van der Waals surface area (Å²) in [4.78, 5) is 0. The fourth-order valence-corrected chi connectivity index (χ4v) is 2.50. The molecule has 2 aromatic rings. The Morgan fingerprint density at radius 2 is 2.10 bits per heavy atom. The predicted molar refractivity (Wildman–Crippen MR) is 75.0 cm³/mol. The molecule has 0 aliphatic heterocycles. The van der Waals surface area contributed by atoms with Crippen molar-refractivity contribution in [3.63, 3.8) is 0 Å². The first kappa shape index (κ1) is 14.3. The summed E-state index contributed by atoms with van der Waals surface area (Å²) in [5, 5.41) is 6.07. The summed E-state index contributed by atoms with van der Waals surface area (Å²) < 4.78 is 26.4. The summed E-state index contributed by atoms with van der Waals surface area (Å²) in [6.07, 6.45) is 1.38. The van der Waals surface area contributed by atoms with E-state index in [0.29, 0.717) is 0 Å². The number of rotatable bonds is 4. The molecule has 0 spiro atoms. The van der Waals surface area contributed by atoms with E-state index in [1.165, 1.54) is 12.3 Å². The van der Waals surface area contributed by atoms with Crippen LogP contribution in [0.15, 0.2) is 41.6 Å². The number of benzene rings is 1. The Labute approximate surface area is 117 Å². The quantitative estimate of drug-likeness (QED) is 0.700. The second-order valence-corrected chi connectivity index (χ2v) is 5.64. The maximum absolute atomic E-state index is 12.0. The smallest absolute Gasteiger partial charge is 0.257 e. The fourth-order valence-electron chi connectivity index (χ4n) is 1.59. The number of sulfonamides is 1. The van der Waals surface area contributed by atoms with Crippen molar-refractivity contribution in [1.29, 1.82) is 0 Å². The molecule has 0 aliphatic rings. The Hall–Kier alpha value is -2.14. The van der Waals surface area contributed by atoms with Crippen LogP contribution in [0.25, 0.3) is 0 Å². The van der Waals surface area contributed by atoms with Gasteiger partial charge in [-0.3, -0.25) is 5.10 Å². The monoisotopic (exact) mass is 290 g/mol. The van der Waals surface area contributed by atoms with Crippen molar-refractivity contribution in [3.8, 4) is 11.8 Å². The van der Waals surface area contributed by atoms with Gasteiger partial charge >= 0.3 is 0 Å². The number of hydrogen-bond acceptors (Lipinski definition) is 4. The van der Waals surface area contributed by atoms with Gasteiger partial charge in [-0.2, -0.15) is 5.10 Å². The Bertz CT molecular complexity index is 727. The second-order valence-electron chi connectivity index (χ2n) is 3.91. The maximum atomic E-state index is 12.0. The third kappa shape index (κ3) is 3.45. The molecule has 2 rings (SSSR count). The van der Waals surface area contributed by atoms with E-state index in [2.05, 4.69) is 26.8 Å². The Kier molecular flexibility index (Phi) is 4.53. The van der Waals surface area contributed by atoms with Crippen LogP contribution >= 0.6 is 0 Å². The first-order valence-electron chi connectivity index (χ1n) is 5.89. The number of H-pyrrole nitrogens is 1. The molecule has 1 aromatic heterocycles. The van der Waals surface area contributed by atoms with E-state index >= 15 is 0 Å². The zero-order valence-corrected chi connectivity index (χ0v) is 11.4. The van der Waals surface area contributed by atoms with Gasteiger partial charge in [0, 0.05) is 12.1 Å². The summed E-state index contributed by atoms with van der Waals surface area (Å²) in [5.41, 5.74) is 6.88. The molecule has 104 valence electrons. The highest BCUT2D eigenvalue weighted by molar-refractivity contribution is 7.89. The normalized spacial score (nSPS) is 10.8. The van der Waals surface area contributed by atoms with Gasteiger partial charge in [0.05, 0.1) is 12.7 Å². The van der Waals surface area contributed by atoms with E-state index in [1.807, 2.05) is 24.3 Å². The fraction of sp³-hybridized carbons (Fsp3) is 0.154. The van der Waals surface area contributed by atoms with Gasteiger partial charge in [-0.15, -0.1) is 0 Å². The number of aromatic nitrogens is 2. The highest BCUT2D eigenvalue weighted by Crippen LogP contribution is 2.09. The van der Waals surface area contributed by atoms with Crippen molar-refractivity contribution in [3.05, 3.63) is 47.7 Å². The molecule has 0 saturated carbocycles. The van der Waals surface area contributed by atoms with Crippen LogP contribution in [0.4, 0.5) is 0 Å². The molecule has 20 heavy (non-hydrogen) atoms. The first-order chi connectivity index (χ1) is 9.63. The second kappa shape index (κ2) is 6.34. The summed E-state index contributed by atoms with van der Waals surface area (Å²) >= 11 is 0. The van der Waals surface area contributed by atoms with Crippen LogP contribution in [-0.4, -0.2) is 25.2 Å². The van der Waals surface area contributed by atoms with Gasteiger partial charge in [-0.1, -0.05) is 30.0 Å². The zero-order chi connectivity index (χ0) is 14.4. The minimum absolute atomic E-state index is 0.0306. The summed E-state index contributed by atoms with van der Waals surface area (Å²) in [6.45, 7) is 0.408. The third-order valence-electron chi connectivity index (χ3n) is 2.56. The van der Waals surface area contributed by atoms with Crippen LogP contribution in [0.1, 0.15) is 11.1 Å². The van der Waals surface area contributed by atoms with E-state index in [9.17, 15) is 8.42 Å². The molecular weight excluding hydrogens is 276 g/mol. The molecule has 0 unspecified atom stereocenters. The van der Waals surface area contributed by atoms with Gasteiger partial charge < -0.3 is 5.73 Å². The summed E-state index contributed by atoms with van der Waals surface area (Å²) in [5.74, 6) is 5.67. The molecular formula is C13H14N4O2S. The van der Waals surface area contributed by atoms with E-state index in [0.717, 1.165) is 11.1 Å². The van der Waals surface area contributed by atoms with Crippen molar-refractivity contribution >= 4 is 10.0 Å². The van der Waals surface area contributed by atoms with E-state index in [1.54, 1.807) is 0 Å². The van der Waals surface area contributed by atoms with Gasteiger partial charge in [-0.05, 0) is 17.7 Å². The zero-order valence-electron chi connectivity index (χ0n) is 10.6. The summed E-state index contributed by atoms with van der Waals surface area (Å²) in [7, 11) is -3.59. The number of aromatic amines is 1. The van der Waals surface area contributed by atoms with Gasteiger partial charge in [0.2, 0.25) is 0 Å². The highest BCUT2D eigenvalue weighted by Gasteiger charge is 2.15. The lowest BCUT2D eigenvalue weighted by Gasteiger charge is -2.06. The Morgan fingerprint density at radius 1 is 1.30 bits per heavy atom. The van der Waals surface area contributed by atoms with E-state index in [4.69, 9.17) is 5.73 Å². The summed E-state index contributed by atoms with van der Waals surface area (Å²) in [6, 6.07) is 8.70. The van der Waals surface area contributed by atoms with Crippen LogP contribution < -0.4 is 10.5 Å². The van der Waals surface area contributed by atoms with E-state index in [-0.39, 0.29) is 18.1 Å². The van der Waals surface area contributed by atoms with Gasteiger partial charge in [-0.25, -0.2) is 13.1 Å². The third-order valence-corrected chi connectivity index (χ3v) is 3.89. The standard InChI is InChI=1S/C13H14N4O2S/c14-8-3-6-11-4-1-2-5-12(11)10-16-20(18,19)13-7-9-15-17-13/h1-2,4-5,7,9,16H,8,10,14H2,(H,15,17). The molecule has 1 heterocycles. The Balaban J connectivity index is 2.16. The number of nitrogens with two attached hydrogens (primary N) is 1. The Morgan fingerprint density at radius 3 is 2.80 bits per heavy atom. The lowest BCUT2D eigenvalue weighted by atomic mass is 10.1. The lowest BCUT2D eigenvalue weighted by molar-refractivity contribution is 0.577. The largest absolute Gasteiger partial charge is 0.320 e. The van der Waals surface area contributed by atoms with Gasteiger partial charge in [0.25, 0.3) is 10.0 Å². The van der Waals surface area contributed by atoms with Crippen molar-refractivity contribution in [1.82, 2.24) is 14.9 Å². The molecule has 0 amide bonds. The SMILES string of the molecule is NCC#Cc1ccccc1CNS(=O)(=O)c1ccn[nH]1. The highest BCUT2D eigenvalue weighted by atomic mass is 32.2. The average molecular weight is 290 g/mol. The molecule has 0 fully saturated rings. The maximum Gasteiger partial charge on any atom is 0.257 e. The topological polar surface area (TPSA) is 101 Å². The van der Waals surface area contributed by atoms with Gasteiger partial charge in [0.15, 0.2) is 5.03 Å². The molecule has 0 saturated heterocycles. The first-order valence-corrected chi connectivity index (χ1v) is 7.37. The molecule has 0 atom stereocenters. The van der Waals surface area contributed by atoms with Crippen LogP contribution in [0.2, 0.25) is 0 Å². The molecule has 1 aromatic carbocycles. The molecule has 6 nitrogen and oxygen atoms in total. The van der Waals surface area contributed by atoms with Crippen molar-refractivity contribution in [2.24, 2.45) is 5.73 Å². The number of nitrogens with zero attached hydrogens (tertiary/aromatic N) is 1. The van der Waals surface area contributed by atoms with Gasteiger partial charge in [0.1, 0.15) is 0 Å². The molecule has 0 aliphatic carbocycles. The van der Waals surface area contributed by atoms with Crippen molar-refractivity contribution in [2.75, 3.05) is 6.54 Å². The minimum atomic E-state index is -3.59. The van der Waals surface area contributed by atoms with Crippen molar-refractivity contribution < 1.29 is 8.42 Å². The van der Waals surface area contributed by atoms with Crippen LogP contribution in [0.5, 0.6) is 0 Å². The molecule has 0 bridgehead atoms. The van der Waals surface area contributed by atoms with Crippen molar-refractivity contribution in [2.45, 2.75) is 11.6 Å². The van der Waals surface area contributed by atoms with E-state index < -0.39 is 10.0 Å². The van der Waals surface area contributed by atoms with Crippen LogP contribution in [-0.2, 0) is 16.6 Å². The minimum Gasteiger partial charge on any atom is -0.320 e.